The molecule has 0 saturated heterocycles. The van der Waals surface area contributed by atoms with Crippen molar-refractivity contribution in [2.45, 2.75) is 25.8 Å². The molecule has 0 atom stereocenters. The minimum atomic E-state index is -1.57. The monoisotopic (exact) mass is 410 g/mol. The van der Waals surface area contributed by atoms with Crippen molar-refractivity contribution in [1.29, 1.82) is 0 Å². The van der Waals surface area contributed by atoms with Gasteiger partial charge in [-0.2, -0.15) is 0 Å². The number of carbonyl (C=O) groups excluding carboxylic acids is 1. The zero-order chi connectivity index (χ0) is 20.6. The Balaban J connectivity index is 1.52. The maximum Gasteiger partial charge on any atom is 0.488 e. The Hall–Kier alpha value is -2.75. The van der Waals surface area contributed by atoms with E-state index in [0.29, 0.717) is 28.8 Å². The summed E-state index contributed by atoms with van der Waals surface area (Å²) >= 11 is 1.40. The van der Waals surface area contributed by atoms with Crippen molar-refractivity contribution in [3.05, 3.63) is 58.6 Å². The molecule has 0 aliphatic heterocycles. The molecule has 1 aromatic heterocycles. The number of carboxylic acid groups (broad SMARTS) is 1. The van der Waals surface area contributed by atoms with E-state index in [1.807, 2.05) is 24.3 Å². The second kappa shape index (κ2) is 7.59. The highest BCUT2D eigenvalue weighted by Gasteiger charge is 2.45. The van der Waals surface area contributed by atoms with Gasteiger partial charge in [0.05, 0.1) is 28.6 Å². The molecule has 0 bridgehead atoms. The number of benzene rings is 2. The molecule has 1 amide bonds. The Labute approximate surface area is 171 Å². The second-order valence-corrected chi connectivity index (χ2v) is 8.48. The van der Waals surface area contributed by atoms with E-state index in [9.17, 15) is 24.7 Å². The van der Waals surface area contributed by atoms with E-state index >= 15 is 0 Å². The van der Waals surface area contributed by atoms with Crippen LogP contribution in [0.4, 0.5) is 0 Å². The fourth-order valence-electron chi connectivity index (χ4n) is 3.92. The predicted octanol–water partition coefficient (Wildman–Crippen LogP) is 0.852. The average Bonchev–Trinajstić information content (AvgIpc) is 3.25. The van der Waals surface area contributed by atoms with Crippen LogP contribution in [-0.2, 0) is 29.0 Å². The highest BCUT2D eigenvalue weighted by molar-refractivity contribution is 7.18. The normalized spacial score (nSPS) is 14.6. The van der Waals surface area contributed by atoms with Crippen LogP contribution in [-0.4, -0.2) is 39.1 Å². The summed E-state index contributed by atoms with van der Waals surface area (Å²) in [6.07, 6.45) is 0.572. The smallest absolute Gasteiger partial charge is 0.481 e. The van der Waals surface area contributed by atoms with Gasteiger partial charge in [-0.3, -0.25) is 9.59 Å². The molecule has 1 aliphatic rings. The lowest BCUT2D eigenvalue weighted by molar-refractivity contribution is -0.145. The summed E-state index contributed by atoms with van der Waals surface area (Å²) in [6.45, 7) is 0.187. The van der Waals surface area contributed by atoms with Gasteiger partial charge in [0.2, 0.25) is 5.91 Å². The van der Waals surface area contributed by atoms with E-state index in [-0.39, 0.29) is 18.9 Å². The lowest BCUT2D eigenvalue weighted by Crippen LogP contribution is -2.43. The first-order valence-corrected chi connectivity index (χ1v) is 10.0. The molecule has 4 rings (SSSR count). The van der Waals surface area contributed by atoms with Gasteiger partial charge in [-0.25, -0.2) is 4.98 Å². The molecule has 1 heterocycles. The fourth-order valence-corrected chi connectivity index (χ4v) is 4.81. The maximum atomic E-state index is 13.0. The number of carboxylic acids is 1. The van der Waals surface area contributed by atoms with Gasteiger partial charge in [-0.15, -0.1) is 11.3 Å². The van der Waals surface area contributed by atoms with E-state index in [4.69, 9.17) is 0 Å². The minimum Gasteiger partial charge on any atom is -0.481 e. The Morgan fingerprint density at radius 2 is 1.83 bits per heavy atom. The van der Waals surface area contributed by atoms with Gasteiger partial charge in [0, 0.05) is 0 Å². The quantitative estimate of drug-likeness (QED) is 0.448. The molecule has 29 heavy (non-hydrogen) atoms. The van der Waals surface area contributed by atoms with Crippen molar-refractivity contribution in [2.24, 2.45) is 5.41 Å². The number of aliphatic carboxylic acids is 1. The third-order valence-corrected chi connectivity index (χ3v) is 6.34. The fraction of sp³-hybridized carbons (Fsp3) is 0.250. The van der Waals surface area contributed by atoms with Crippen LogP contribution < -0.4 is 10.8 Å². The zero-order valence-corrected chi connectivity index (χ0v) is 16.3. The molecule has 0 spiro atoms. The van der Waals surface area contributed by atoms with Gasteiger partial charge in [-0.05, 0) is 41.6 Å². The van der Waals surface area contributed by atoms with E-state index in [1.54, 1.807) is 18.2 Å². The zero-order valence-electron chi connectivity index (χ0n) is 15.5. The summed E-state index contributed by atoms with van der Waals surface area (Å²) in [6, 6.07) is 12.6. The second-order valence-electron chi connectivity index (χ2n) is 7.36. The average molecular weight is 410 g/mol. The van der Waals surface area contributed by atoms with Gasteiger partial charge in [0.25, 0.3) is 0 Å². The molecule has 0 fully saturated rings. The first-order chi connectivity index (χ1) is 13.9. The van der Waals surface area contributed by atoms with Gasteiger partial charge in [0.15, 0.2) is 0 Å². The third kappa shape index (κ3) is 3.89. The van der Waals surface area contributed by atoms with Crippen LogP contribution in [0.2, 0.25) is 0 Å². The lowest BCUT2D eigenvalue weighted by Gasteiger charge is -2.25. The summed E-state index contributed by atoms with van der Waals surface area (Å²) < 4.78 is 0.868. The van der Waals surface area contributed by atoms with E-state index in [1.165, 1.54) is 11.3 Å². The third-order valence-electron chi connectivity index (χ3n) is 5.30. The molecule has 3 aromatic rings. The molecule has 7 nitrogen and oxygen atoms in total. The van der Waals surface area contributed by atoms with Gasteiger partial charge < -0.3 is 20.5 Å². The summed E-state index contributed by atoms with van der Waals surface area (Å²) in [7, 11) is -1.57. The van der Waals surface area contributed by atoms with Crippen LogP contribution in [0.5, 0.6) is 0 Å². The number of carbonyl (C=O) groups is 2. The van der Waals surface area contributed by atoms with Gasteiger partial charge in [-0.1, -0.05) is 30.3 Å². The number of thiazole rings is 1. The van der Waals surface area contributed by atoms with Crippen molar-refractivity contribution < 1.29 is 24.7 Å². The van der Waals surface area contributed by atoms with Crippen LogP contribution in [0, 0.1) is 5.41 Å². The molecule has 4 N–H and O–H groups in total. The molecule has 9 heteroatoms. The minimum absolute atomic E-state index is 0.187. The highest BCUT2D eigenvalue weighted by atomic mass is 32.1. The Morgan fingerprint density at radius 3 is 2.45 bits per heavy atom. The molecular weight excluding hydrogens is 391 g/mol. The standard InChI is InChI=1S/C20H19BN2O5S/c24-18(25)10-20(8-12-3-1-2-4-13(12)9-20)19(26)22-11-17-23-15-7-14(21(27)28)5-6-16(15)29-17/h1-7,27-28H,8-11H2,(H,22,26)(H,24,25). The van der Waals surface area contributed by atoms with Crippen molar-refractivity contribution in [3.8, 4) is 0 Å². The van der Waals surface area contributed by atoms with Gasteiger partial charge in [0.1, 0.15) is 5.01 Å². The summed E-state index contributed by atoms with van der Waals surface area (Å²) in [5.41, 5.74) is 2.00. The van der Waals surface area contributed by atoms with Crippen LogP contribution in [0.25, 0.3) is 10.2 Å². The largest absolute Gasteiger partial charge is 0.488 e. The number of hydrogen-bond donors (Lipinski definition) is 4. The van der Waals surface area contributed by atoms with Crippen molar-refractivity contribution in [1.82, 2.24) is 10.3 Å². The topological polar surface area (TPSA) is 120 Å². The number of fused-ring (bicyclic) bond motifs is 2. The molecular formula is C20H19BN2O5S. The molecule has 0 unspecified atom stereocenters. The summed E-state index contributed by atoms with van der Waals surface area (Å²) in [5.74, 6) is -1.29. The first-order valence-electron chi connectivity index (χ1n) is 9.19. The predicted molar refractivity (Wildman–Crippen MR) is 110 cm³/mol. The Bertz CT molecular complexity index is 1070. The van der Waals surface area contributed by atoms with Crippen molar-refractivity contribution in [3.63, 3.8) is 0 Å². The number of nitrogens with one attached hydrogen (secondary N) is 1. The number of amides is 1. The number of rotatable bonds is 6. The van der Waals surface area contributed by atoms with E-state index in [2.05, 4.69) is 10.3 Å². The molecule has 2 aromatic carbocycles. The number of nitrogens with zero attached hydrogens (tertiary/aromatic N) is 1. The highest BCUT2D eigenvalue weighted by Crippen LogP contribution is 2.40. The number of hydrogen-bond acceptors (Lipinski definition) is 6. The van der Waals surface area contributed by atoms with Crippen molar-refractivity contribution >= 4 is 46.0 Å². The van der Waals surface area contributed by atoms with Crippen molar-refractivity contribution in [2.75, 3.05) is 0 Å². The van der Waals surface area contributed by atoms with Crippen LogP contribution >= 0.6 is 11.3 Å². The lowest BCUT2D eigenvalue weighted by atomic mass is 9.80. The van der Waals surface area contributed by atoms with Gasteiger partial charge >= 0.3 is 13.1 Å². The Morgan fingerprint density at radius 1 is 1.14 bits per heavy atom. The SMILES string of the molecule is O=C(O)CC1(C(=O)NCc2nc3cc(B(O)O)ccc3s2)Cc2ccccc2C1. The molecule has 0 radical (unpaired) electrons. The van der Waals surface area contributed by atoms with Crippen LogP contribution in [0.1, 0.15) is 22.6 Å². The number of aromatic nitrogens is 1. The Kier molecular flexibility index (Phi) is 5.12. The molecule has 148 valence electrons. The molecule has 0 saturated carbocycles. The maximum absolute atomic E-state index is 13.0. The molecule has 1 aliphatic carbocycles. The summed E-state index contributed by atoms with van der Waals surface area (Å²) in [5, 5.41) is 31.5. The van der Waals surface area contributed by atoms with E-state index < -0.39 is 18.5 Å². The van der Waals surface area contributed by atoms with Crippen LogP contribution in [0.15, 0.2) is 42.5 Å². The van der Waals surface area contributed by atoms with E-state index in [0.717, 1.165) is 15.8 Å². The van der Waals surface area contributed by atoms with Crippen LogP contribution in [0.3, 0.4) is 0 Å². The summed E-state index contributed by atoms with van der Waals surface area (Å²) in [4.78, 5) is 28.9. The first kappa shape index (κ1) is 19.6.